The van der Waals surface area contributed by atoms with E-state index in [1.807, 2.05) is 12.1 Å². The summed E-state index contributed by atoms with van der Waals surface area (Å²) in [7, 11) is 0. The molecule has 110 valence electrons. The van der Waals surface area contributed by atoms with Crippen LogP contribution in [0.1, 0.15) is 44.6 Å². The Kier molecular flexibility index (Phi) is 5.65. The van der Waals surface area contributed by atoms with Gasteiger partial charge in [0.05, 0.1) is 6.54 Å². The van der Waals surface area contributed by atoms with E-state index in [0.717, 1.165) is 31.4 Å². The Morgan fingerprint density at radius 2 is 2.30 bits per heavy atom. The Morgan fingerprint density at radius 3 is 3.05 bits per heavy atom. The molecule has 0 aliphatic heterocycles. The standard InChI is InChI=1S/C15H24N4O/c1-2-8-18-15(16)19-11-12-7-9-17-14(10-12)20-13-5-3-4-6-13/h7,9-10,13H,2-6,8,11H2,1H3,(H3,16,18,19). The molecule has 0 atom stereocenters. The number of nitrogens with two attached hydrogens (primary N) is 1. The van der Waals surface area contributed by atoms with Crippen LogP contribution in [0.4, 0.5) is 0 Å². The van der Waals surface area contributed by atoms with Crippen LogP contribution >= 0.6 is 0 Å². The van der Waals surface area contributed by atoms with Crippen molar-refractivity contribution in [2.24, 2.45) is 10.7 Å². The quantitative estimate of drug-likeness (QED) is 0.617. The number of aromatic nitrogens is 1. The van der Waals surface area contributed by atoms with Gasteiger partial charge in [-0.05, 0) is 43.7 Å². The Labute approximate surface area is 120 Å². The van der Waals surface area contributed by atoms with E-state index < -0.39 is 0 Å². The molecule has 0 bridgehead atoms. The van der Waals surface area contributed by atoms with Crippen molar-refractivity contribution in [2.75, 3.05) is 6.54 Å². The lowest BCUT2D eigenvalue weighted by Crippen LogP contribution is -2.32. The summed E-state index contributed by atoms with van der Waals surface area (Å²) in [4.78, 5) is 8.57. The van der Waals surface area contributed by atoms with Gasteiger partial charge in [-0.3, -0.25) is 0 Å². The zero-order valence-electron chi connectivity index (χ0n) is 12.1. The van der Waals surface area contributed by atoms with Crippen LogP contribution in [0.15, 0.2) is 23.3 Å². The predicted molar refractivity (Wildman–Crippen MR) is 80.7 cm³/mol. The summed E-state index contributed by atoms with van der Waals surface area (Å²) in [6.45, 7) is 3.49. The van der Waals surface area contributed by atoms with E-state index in [4.69, 9.17) is 10.5 Å². The van der Waals surface area contributed by atoms with Gasteiger partial charge in [0.2, 0.25) is 5.88 Å². The molecular formula is C15H24N4O. The minimum absolute atomic E-state index is 0.331. The maximum absolute atomic E-state index is 5.88. The number of nitrogens with zero attached hydrogens (tertiary/aromatic N) is 2. The second-order valence-electron chi connectivity index (χ2n) is 5.15. The summed E-state index contributed by atoms with van der Waals surface area (Å²) >= 11 is 0. The maximum atomic E-state index is 5.88. The fourth-order valence-corrected chi connectivity index (χ4v) is 2.28. The molecule has 0 spiro atoms. The number of aliphatic imine (C=N–C) groups is 1. The van der Waals surface area contributed by atoms with Crippen LogP contribution in [0.2, 0.25) is 0 Å². The van der Waals surface area contributed by atoms with Gasteiger partial charge in [0.25, 0.3) is 0 Å². The van der Waals surface area contributed by atoms with Gasteiger partial charge in [-0.1, -0.05) is 6.92 Å². The number of pyridine rings is 1. The lowest BCUT2D eigenvalue weighted by Gasteiger charge is -2.12. The molecule has 1 heterocycles. The summed E-state index contributed by atoms with van der Waals surface area (Å²) in [6.07, 6.45) is 7.92. The highest BCUT2D eigenvalue weighted by atomic mass is 16.5. The number of rotatable bonds is 6. The number of hydrogen-bond acceptors (Lipinski definition) is 3. The third-order valence-corrected chi connectivity index (χ3v) is 3.38. The fraction of sp³-hybridized carbons (Fsp3) is 0.600. The highest BCUT2D eigenvalue weighted by Crippen LogP contribution is 2.23. The molecule has 0 saturated heterocycles. The second kappa shape index (κ2) is 7.72. The fourth-order valence-electron chi connectivity index (χ4n) is 2.28. The van der Waals surface area contributed by atoms with Gasteiger partial charge in [-0.25, -0.2) is 9.98 Å². The summed E-state index contributed by atoms with van der Waals surface area (Å²) < 4.78 is 5.88. The van der Waals surface area contributed by atoms with Gasteiger partial charge >= 0.3 is 0 Å². The van der Waals surface area contributed by atoms with Crippen LogP contribution in [0.25, 0.3) is 0 Å². The van der Waals surface area contributed by atoms with Crippen molar-refractivity contribution in [2.45, 2.75) is 51.7 Å². The number of nitrogens with one attached hydrogen (secondary N) is 1. The smallest absolute Gasteiger partial charge is 0.213 e. The molecule has 2 rings (SSSR count). The van der Waals surface area contributed by atoms with Gasteiger partial charge in [-0.2, -0.15) is 0 Å². The van der Waals surface area contributed by atoms with Crippen molar-refractivity contribution in [1.82, 2.24) is 10.3 Å². The van der Waals surface area contributed by atoms with E-state index in [1.165, 1.54) is 12.8 Å². The number of guanidine groups is 1. The van der Waals surface area contributed by atoms with E-state index in [1.54, 1.807) is 6.20 Å². The number of ether oxygens (including phenoxy) is 1. The van der Waals surface area contributed by atoms with Crippen LogP contribution in [0, 0.1) is 0 Å². The number of hydrogen-bond donors (Lipinski definition) is 2. The molecule has 1 saturated carbocycles. The maximum Gasteiger partial charge on any atom is 0.213 e. The average molecular weight is 276 g/mol. The summed E-state index contributed by atoms with van der Waals surface area (Å²) in [5.41, 5.74) is 6.83. The van der Waals surface area contributed by atoms with Crippen LogP contribution in [-0.2, 0) is 6.54 Å². The molecule has 0 radical (unpaired) electrons. The van der Waals surface area contributed by atoms with E-state index >= 15 is 0 Å². The van der Waals surface area contributed by atoms with Crippen LogP contribution in [0.3, 0.4) is 0 Å². The molecule has 0 unspecified atom stereocenters. The van der Waals surface area contributed by atoms with Gasteiger partial charge in [0.1, 0.15) is 6.10 Å². The monoisotopic (exact) mass is 276 g/mol. The van der Waals surface area contributed by atoms with Gasteiger partial charge in [-0.15, -0.1) is 0 Å². The van der Waals surface area contributed by atoms with Crippen molar-refractivity contribution >= 4 is 5.96 Å². The van der Waals surface area contributed by atoms with Crippen molar-refractivity contribution in [1.29, 1.82) is 0 Å². The molecule has 0 aromatic carbocycles. The van der Waals surface area contributed by atoms with Gasteiger partial charge in [0, 0.05) is 18.8 Å². The molecule has 1 aromatic heterocycles. The SMILES string of the molecule is CCCNC(N)=NCc1ccnc(OC2CCCC2)c1. The van der Waals surface area contributed by atoms with Crippen molar-refractivity contribution < 1.29 is 4.74 Å². The molecule has 1 fully saturated rings. The lowest BCUT2D eigenvalue weighted by atomic mass is 10.2. The first kappa shape index (κ1) is 14.6. The molecule has 1 aromatic rings. The molecule has 3 N–H and O–H groups in total. The zero-order valence-corrected chi connectivity index (χ0v) is 12.1. The molecule has 1 aliphatic rings. The van der Waals surface area contributed by atoms with Gasteiger partial charge in [0.15, 0.2) is 5.96 Å². The first-order valence-corrected chi connectivity index (χ1v) is 7.43. The Morgan fingerprint density at radius 1 is 1.50 bits per heavy atom. The first-order valence-electron chi connectivity index (χ1n) is 7.43. The Balaban J connectivity index is 1.88. The largest absolute Gasteiger partial charge is 0.474 e. The topological polar surface area (TPSA) is 72.5 Å². The van der Waals surface area contributed by atoms with Crippen LogP contribution < -0.4 is 15.8 Å². The van der Waals surface area contributed by atoms with Crippen molar-refractivity contribution in [3.63, 3.8) is 0 Å². The minimum Gasteiger partial charge on any atom is -0.474 e. The van der Waals surface area contributed by atoms with Crippen molar-refractivity contribution in [3.05, 3.63) is 23.9 Å². The highest BCUT2D eigenvalue weighted by Gasteiger charge is 2.16. The normalized spacial score (nSPS) is 16.4. The molecule has 0 amide bonds. The summed E-state index contributed by atoms with van der Waals surface area (Å²) in [5.74, 6) is 1.19. The van der Waals surface area contributed by atoms with Crippen LogP contribution in [-0.4, -0.2) is 23.6 Å². The van der Waals surface area contributed by atoms with E-state index in [2.05, 4.69) is 22.2 Å². The van der Waals surface area contributed by atoms with E-state index in [9.17, 15) is 0 Å². The molecular weight excluding hydrogens is 252 g/mol. The molecule has 1 aliphatic carbocycles. The third kappa shape index (κ3) is 4.72. The average Bonchev–Trinajstić information content (AvgIpc) is 2.96. The van der Waals surface area contributed by atoms with Crippen LogP contribution in [0.5, 0.6) is 5.88 Å². The summed E-state index contributed by atoms with van der Waals surface area (Å²) in [6, 6.07) is 3.90. The highest BCUT2D eigenvalue weighted by molar-refractivity contribution is 5.77. The minimum atomic E-state index is 0.331. The van der Waals surface area contributed by atoms with Crippen molar-refractivity contribution in [3.8, 4) is 5.88 Å². The lowest BCUT2D eigenvalue weighted by molar-refractivity contribution is 0.201. The third-order valence-electron chi connectivity index (χ3n) is 3.38. The molecule has 20 heavy (non-hydrogen) atoms. The zero-order chi connectivity index (χ0) is 14.2. The van der Waals surface area contributed by atoms with Gasteiger partial charge < -0.3 is 15.8 Å². The summed E-state index contributed by atoms with van der Waals surface area (Å²) in [5, 5.41) is 3.06. The Hall–Kier alpha value is -1.78. The molecule has 5 nitrogen and oxygen atoms in total. The molecule has 5 heteroatoms. The van der Waals surface area contributed by atoms with E-state index in [-0.39, 0.29) is 0 Å². The van der Waals surface area contributed by atoms with E-state index in [0.29, 0.717) is 24.5 Å². The second-order valence-corrected chi connectivity index (χ2v) is 5.15. The first-order chi connectivity index (χ1) is 9.78. The Bertz CT molecular complexity index is 441. The predicted octanol–water partition coefficient (Wildman–Crippen LogP) is 2.22.